The highest BCUT2D eigenvalue weighted by atomic mass is 16.6. The molecule has 0 unspecified atom stereocenters. The summed E-state index contributed by atoms with van der Waals surface area (Å²) in [6.07, 6.45) is 1.49. The van der Waals surface area contributed by atoms with Crippen LogP contribution in [-0.2, 0) is 9.47 Å². The molecule has 0 aromatic rings. The number of hydrogen-bond donors (Lipinski definition) is 1. The summed E-state index contributed by atoms with van der Waals surface area (Å²) in [7, 11) is 0. The first-order valence-corrected chi connectivity index (χ1v) is 6.57. The van der Waals surface area contributed by atoms with Crippen LogP contribution in [0.3, 0.4) is 0 Å². The van der Waals surface area contributed by atoms with Crippen molar-refractivity contribution in [3.05, 3.63) is 0 Å². The molecular weight excluding hydrogens is 234 g/mol. The van der Waals surface area contributed by atoms with Gasteiger partial charge in [-0.25, -0.2) is 4.79 Å². The van der Waals surface area contributed by atoms with Crippen LogP contribution in [0.5, 0.6) is 0 Å². The number of amides is 1. The van der Waals surface area contributed by atoms with Gasteiger partial charge in [-0.15, -0.1) is 0 Å². The van der Waals surface area contributed by atoms with Crippen LogP contribution in [0, 0.1) is 5.41 Å². The second kappa shape index (κ2) is 4.70. The Balaban J connectivity index is 2.03. The maximum absolute atomic E-state index is 12.0. The SMILES string of the molecule is CC(C)(C)OC(=O)N1C[C@@H]2OCCC[C@]2(CO)C1. The van der Waals surface area contributed by atoms with E-state index in [9.17, 15) is 9.90 Å². The smallest absolute Gasteiger partial charge is 0.410 e. The average molecular weight is 257 g/mol. The molecule has 0 aliphatic carbocycles. The maximum Gasteiger partial charge on any atom is 0.410 e. The first-order valence-electron chi connectivity index (χ1n) is 6.57. The van der Waals surface area contributed by atoms with E-state index in [1.165, 1.54) is 0 Å². The van der Waals surface area contributed by atoms with Crippen molar-refractivity contribution in [3.8, 4) is 0 Å². The molecule has 2 saturated heterocycles. The largest absolute Gasteiger partial charge is 0.444 e. The van der Waals surface area contributed by atoms with Crippen LogP contribution in [0.4, 0.5) is 4.79 Å². The predicted octanol–water partition coefficient (Wildman–Crippen LogP) is 1.39. The van der Waals surface area contributed by atoms with E-state index in [0.717, 1.165) is 12.8 Å². The van der Waals surface area contributed by atoms with E-state index in [0.29, 0.717) is 19.7 Å². The maximum atomic E-state index is 12.0. The van der Waals surface area contributed by atoms with Gasteiger partial charge in [-0.3, -0.25) is 0 Å². The van der Waals surface area contributed by atoms with Crippen LogP contribution in [0.25, 0.3) is 0 Å². The third kappa shape index (κ3) is 2.62. The zero-order valence-electron chi connectivity index (χ0n) is 11.4. The molecule has 2 heterocycles. The Kier molecular flexibility index (Phi) is 3.56. The summed E-state index contributed by atoms with van der Waals surface area (Å²) in [5.41, 5.74) is -0.771. The van der Waals surface area contributed by atoms with Gasteiger partial charge in [0.2, 0.25) is 0 Å². The summed E-state index contributed by atoms with van der Waals surface area (Å²) in [6.45, 7) is 7.40. The zero-order chi connectivity index (χ0) is 13.4. The number of carbonyl (C=O) groups is 1. The van der Waals surface area contributed by atoms with Crippen molar-refractivity contribution in [2.24, 2.45) is 5.41 Å². The summed E-state index contributed by atoms with van der Waals surface area (Å²) in [6, 6.07) is 0. The summed E-state index contributed by atoms with van der Waals surface area (Å²) in [5.74, 6) is 0. The quantitative estimate of drug-likeness (QED) is 0.771. The lowest BCUT2D eigenvalue weighted by molar-refractivity contribution is -0.0755. The van der Waals surface area contributed by atoms with E-state index in [1.807, 2.05) is 20.8 Å². The van der Waals surface area contributed by atoms with Gasteiger partial charge in [0.05, 0.1) is 19.3 Å². The van der Waals surface area contributed by atoms with Crippen LogP contribution in [0.1, 0.15) is 33.6 Å². The van der Waals surface area contributed by atoms with Crippen LogP contribution >= 0.6 is 0 Å². The van der Waals surface area contributed by atoms with Crippen LogP contribution in [0.2, 0.25) is 0 Å². The van der Waals surface area contributed by atoms with Gasteiger partial charge in [0.15, 0.2) is 0 Å². The zero-order valence-corrected chi connectivity index (χ0v) is 11.4. The van der Waals surface area contributed by atoms with Crippen LogP contribution in [0.15, 0.2) is 0 Å². The van der Waals surface area contributed by atoms with Gasteiger partial charge in [-0.2, -0.15) is 0 Å². The Bertz CT molecular complexity index is 325. The second-order valence-corrected chi connectivity index (χ2v) is 6.34. The fraction of sp³-hybridized carbons (Fsp3) is 0.923. The summed E-state index contributed by atoms with van der Waals surface area (Å²) >= 11 is 0. The van der Waals surface area contributed by atoms with E-state index in [-0.39, 0.29) is 24.2 Å². The number of aliphatic hydroxyl groups excluding tert-OH is 1. The van der Waals surface area contributed by atoms with Gasteiger partial charge in [0, 0.05) is 18.6 Å². The molecule has 0 saturated carbocycles. The van der Waals surface area contributed by atoms with Crippen molar-refractivity contribution in [3.63, 3.8) is 0 Å². The molecule has 0 radical (unpaired) electrons. The van der Waals surface area contributed by atoms with Gasteiger partial charge < -0.3 is 19.5 Å². The molecule has 2 aliphatic heterocycles. The highest BCUT2D eigenvalue weighted by molar-refractivity contribution is 5.68. The Morgan fingerprint density at radius 3 is 2.83 bits per heavy atom. The second-order valence-electron chi connectivity index (χ2n) is 6.34. The molecular formula is C13H23NO4. The van der Waals surface area contributed by atoms with E-state index < -0.39 is 5.60 Å². The molecule has 2 rings (SSSR count). The lowest BCUT2D eigenvalue weighted by atomic mass is 9.79. The third-order valence-corrected chi connectivity index (χ3v) is 3.68. The molecule has 18 heavy (non-hydrogen) atoms. The number of carbonyl (C=O) groups excluding carboxylic acids is 1. The van der Waals surface area contributed by atoms with Gasteiger partial charge >= 0.3 is 6.09 Å². The minimum atomic E-state index is -0.488. The monoisotopic (exact) mass is 257 g/mol. The molecule has 0 bridgehead atoms. The number of rotatable bonds is 1. The minimum Gasteiger partial charge on any atom is -0.444 e. The van der Waals surface area contributed by atoms with Crippen molar-refractivity contribution in [1.82, 2.24) is 4.90 Å². The van der Waals surface area contributed by atoms with Crippen molar-refractivity contribution in [2.45, 2.75) is 45.3 Å². The lowest BCUT2D eigenvalue weighted by Crippen LogP contribution is -2.43. The van der Waals surface area contributed by atoms with Crippen molar-refractivity contribution >= 4 is 6.09 Å². The van der Waals surface area contributed by atoms with E-state index in [4.69, 9.17) is 9.47 Å². The van der Waals surface area contributed by atoms with Crippen molar-refractivity contribution in [1.29, 1.82) is 0 Å². The number of likely N-dealkylation sites (tertiary alicyclic amines) is 1. The third-order valence-electron chi connectivity index (χ3n) is 3.68. The Morgan fingerprint density at radius 2 is 2.28 bits per heavy atom. The molecule has 2 aliphatic rings. The molecule has 104 valence electrons. The average Bonchev–Trinajstić information content (AvgIpc) is 2.66. The van der Waals surface area contributed by atoms with Crippen LogP contribution < -0.4 is 0 Å². The topological polar surface area (TPSA) is 59.0 Å². The molecule has 1 amide bonds. The highest BCUT2D eigenvalue weighted by Crippen LogP contribution is 2.40. The van der Waals surface area contributed by atoms with E-state index in [1.54, 1.807) is 4.90 Å². The standard InChI is InChI=1S/C13H23NO4/c1-12(2,3)18-11(16)14-7-10-13(8-14,9-15)5-4-6-17-10/h10,15H,4-9H2,1-3H3/t10-,13+/m0/s1. The van der Waals surface area contributed by atoms with Crippen molar-refractivity contribution < 1.29 is 19.4 Å². The summed E-state index contributed by atoms with van der Waals surface area (Å²) < 4.78 is 11.1. The van der Waals surface area contributed by atoms with Crippen LogP contribution in [-0.4, -0.2) is 54.1 Å². The van der Waals surface area contributed by atoms with Gasteiger partial charge in [0.1, 0.15) is 5.60 Å². The fourth-order valence-corrected chi connectivity index (χ4v) is 2.76. The van der Waals surface area contributed by atoms with E-state index in [2.05, 4.69) is 0 Å². The number of hydrogen-bond acceptors (Lipinski definition) is 4. The molecule has 5 nitrogen and oxygen atoms in total. The normalized spacial score (nSPS) is 32.2. The summed E-state index contributed by atoms with van der Waals surface area (Å²) in [5, 5.41) is 9.63. The van der Waals surface area contributed by atoms with E-state index >= 15 is 0 Å². The van der Waals surface area contributed by atoms with Gasteiger partial charge in [0.25, 0.3) is 0 Å². The molecule has 5 heteroatoms. The number of fused-ring (bicyclic) bond motifs is 1. The lowest BCUT2D eigenvalue weighted by Gasteiger charge is -2.36. The molecule has 2 fully saturated rings. The minimum absolute atomic E-state index is 0.0521. The Morgan fingerprint density at radius 1 is 1.56 bits per heavy atom. The predicted molar refractivity (Wildman–Crippen MR) is 66.3 cm³/mol. The molecule has 0 aromatic carbocycles. The van der Waals surface area contributed by atoms with Crippen molar-refractivity contribution in [2.75, 3.05) is 26.3 Å². The fourth-order valence-electron chi connectivity index (χ4n) is 2.76. The van der Waals surface area contributed by atoms with Gasteiger partial charge in [-0.05, 0) is 33.6 Å². The van der Waals surface area contributed by atoms with Gasteiger partial charge in [-0.1, -0.05) is 0 Å². The Labute approximate surface area is 108 Å². The molecule has 2 atom stereocenters. The first-order chi connectivity index (χ1) is 8.36. The molecule has 1 N–H and O–H groups in total. The molecule has 0 aromatic heterocycles. The highest BCUT2D eigenvalue weighted by Gasteiger charge is 2.50. The first kappa shape index (κ1) is 13.6. The molecule has 0 spiro atoms. The Hall–Kier alpha value is -0.810. The number of aliphatic hydroxyl groups is 1. The number of ether oxygens (including phenoxy) is 2. The number of nitrogens with zero attached hydrogens (tertiary/aromatic N) is 1. The summed E-state index contributed by atoms with van der Waals surface area (Å²) in [4.78, 5) is 13.7.